The summed E-state index contributed by atoms with van der Waals surface area (Å²) in [5.41, 5.74) is 8.91. The molecule has 2 aliphatic carbocycles. The monoisotopic (exact) mass is 509 g/mol. The molecular weight excluding hydrogens is 486 g/mol. The maximum atomic E-state index is 12.2. The quantitative estimate of drug-likeness (QED) is 0.452. The number of rotatable bonds is 5. The van der Waals surface area contributed by atoms with Crippen molar-refractivity contribution in [1.82, 2.24) is 19.9 Å². The van der Waals surface area contributed by atoms with E-state index in [0.717, 1.165) is 46.6 Å². The van der Waals surface area contributed by atoms with Gasteiger partial charge in [0, 0.05) is 31.5 Å². The highest BCUT2D eigenvalue weighted by Crippen LogP contribution is 2.46. The number of aromatic amines is 1. The van der Waals surface area contributed by atoms with E-state index < -0.39 is 0 Å². The number of halogens is 1. The first-order valence-corrected chi connectivity index (χ1v) is 12.0. The molecule has 1 saturated carbocycles. The molecule has 4 atom stereocenters. The molecule has 170 valence electrons. The molecule has 4 N–H and O–H groups in total. The normalized spacial score (nSPS) is 26.3. The molecule has 2 bridgehead atoms. The van der Waals surface area contributed by atoms with Crippen molar-refractivity contribution in [2.75, 3.05) is 36.5 Å². The van der Waals surface area contributed by atoms with Gasteiger partial charge in [0.25, 0.3) is 0 Å². The van der Waals surface area contributed by atoms with Crippen LogP contribution in [0.1, 0.15) is 6.42 Å². The van der Waals surface area contributed by atoms with Crippen LogP contribution in [-0.2, 0) is 9.53 Å². The molecule has 33 heavy (non-hydrogen) atoms. The number of imidazole rings is 1. The van der Waals surface area contributed by atoms with E-state index in [2.05, 4.69) is 53.3 Å². The number of nitrogens with two attached hydrogens (primary N) is 1. The van der Waals surface area contributed by atoms with Crippen LogP contribution in [0.25, 0.3) is 22.6 Å². The van der Waals surface area contributed by atoms with E-state index in [1.54, 1.807) is 12.4 Å². The molecular formula is C23H24BrN7O2. The summed E-state index contributed by atoms with van der Waals surface area (Å²) in [4.78, 5) is 31.8. The van der Waals surface area contributed by atoms with E-state index in [9.17, 15) is 4.79 Å². The molecule has 9 nitrogen and oxygen atoms in total. The number of hydrogen-bond acceptors (Lipinski definition) is 7. The van der Waals surface area contributed by atoms with Crippen LogP contribution in [0.2, 0.25) is 0 Å². The Morgan fingerprint density at radius 3 is 2.88 bits per heavy atom. The molecule has 10 heteroatoms. The van der Waals surface area contributed by atoms with Crippen LogP contribution < -0.4 is 16.0 Å². The lowest BCUT2D eigenvalue weighted by Gasteiger charge is -2.29. The van der Waals surface area contributed by atoms with Gasteiger partial charge in [0.1, 0.15) is 17.2 Å². The van der Waals surface area contributed by atoms with Gasteiger partial charge in [0.2, 0.25) is 5.91 Å². The molecule has 1 aliphatic heterocycles. The second-order valence-corrected chi connectivity index (χ2v) is 9.64. The predicted octanol–water partition coefficient (Wildman–Crippen LogP) is 2.71. The van der Waals surface area contributed by atoms with E-state index in [1.807, 2.05) is 12.1 Å². The van der Waals surface area contributed by atoms with Crippen molar-refractivity contribution in [2.24, 2.45) is 23.5 Å². The fraction of sp³-hybridized carbons (Fsp3) is 0.391. The molecule has 0 aromatic carbocycles. The lowest BCUT2D eigenvalue weighted by Crippen LogP contribution is -2.41. The highest BCUT2D eigenvalue weighted by molar-refractivity contribution is 9.10. The largest absolute Gasteiger partial charge is 0.378 e. The van der Waals surface area contributed by atoms with Crippen molar-refractivity contribution in [3.63, 3.8) is 0 Å². The Hall–Kier alpha value is -2.98. The Morgan fingerprint density at radius 2 is 2.06 bits per heavy atom. The number of nitrogens with zero attached hydrogens (tertiary/aromatic N) is 4. The van der Waals surface area contributed by atoms with Gasteiger partial charge in [-0.2, -0.15) is 0 Å². The van der Waals surface area contributed by atoms with Gasteiger partial charge in [-0.1, -0.05) is 12.2 Å². The van der Waals surface area contributed by atoms with E-state index in [0.29, 0.717) is 24.7 Å². The topological polar surface area (TPSA) is 122 Å². The first-order valence-electron chi connectivity index (χ1n) is 11.2. The van der Waals surface area contributed by atoms with Gasteiger partial charge in [-0.3, -0.25) is 4.79 Å². The number of anilines is 2. The van der Waals surface area contributed by atoms with E-state index in [1.165, 1.54) is 0 Å². The number of fused-ring (bicyclic) bond motifs is 3. The number of primary amides is 1. The van der Waals surface area contributed by atoms with Crippen molar-refractivity contribution in [3.05, 3.63) is 41.2 Å². The molecule has 3 aromatic rings. The summed E-state index contributed by atoms with van der Waals surface area (Å²) in [5.74, 6) is 1.56. The lowest BCUT2D eigenvalue weighted by molar-refractivity contribution is -0.122. The summed E-state index contributed by atoms with van der Waals surface area (Å²) < 4.78 is 6.30. The fourth-order valence-electron chi connectivity index (χ4n) is 5.38. The van der Waals surface area contributed by atoms with Gasteiger partial charge in [-0.05, 0) is 46.3 Å². The van der Waals surface area contributed by atoms with Crippen LogP contribution in [0.15, 0.2) is 41.2 Å². The van der Waals surface area contributed by atoms with Crippen molar-refractivity contribution in [1.29, 1.82) is 0 Å². The molecule has 1 saturated heterocycles. The Morgan fingerprint density at radius 1 is 1.24 bits per heavy atom. The number of pyridine rings is 2. The third-order valence-electron chi connectivity index (χ3n) is 6.92. The number of morpholine rings is 1. The number of H-pyrrole nitrogens is 1. The first-order chi connectivity index (χ1) is 16.1. The Bertz CT molecular complexity index is 1250. The van der Waals surface area contributed by atoms with Crippen molar-refractivity contribution >= 4 is 44.5 Å². The number of aromatic nitrogens is 4. The minimum absolute atomic E-state index is 0.0616. The summed E-state index contributed by atoms with van der Waals surface area (Å²) in [6.07, 6.45) is 8.80. The predicted molar refractivity (Wildman–Crippen MR) is 129 cm³/mol. The Kier molecular flexibility index (Phi) is 5.06. The molecule has 3 aromatic heterocycles. The molecule has 3 aliphatic rings. The van der Waals surface area contributed by atoms with Crippen LogP contribution in [0.3, 0.4) is 0 Å². The first kappa shape index (κ1) is 20.6. The zero-order valence-electron chi connectivity index (χ0n) is 17.9. The van der Waals surface area contributed by atoms with Crippen molar-refractivity contribution in [2.45, 2.75) is 12.5 Å². The molecule has 0 radical (unpaired) electrons. The van der Waals surface area contributed by atoms with Gasteiger partial charge in [-0.15, -0.1) is 0 Å². The van der Waals surface area contributed by atoms with Crippen LogP contribution >= 0.6 is 15.9 Å². The zero-order chi connectivity index (χ0) is 22.5. The smallest absolute Gasteiger partial charge is 0.223 e. The van der Waals surface area contributed by atoms with Gasteiger partial charge in [-0.25, -0.2) is 15.0 Å². The SMILES string of the molecule is NC(=O)C1C2C=CC(C2)C1Nc1c(Br)cnc2nc(-c3cccnc3N3CCOCC3)[nH]c12. The number of ether oxygens (including phenoxy) is 1. The molecule has 6 rings (SSSR count). The summed E-state index contributed by atoms with van der Waals surface area (Å²) >= 11 is 3.64. The maximum absolute atomic E-state index is 12.2. The highest BCUT2D eigenvalue weighted by Gasteiger charge is 2.47. The summed E-state index contributed by atoms with van der Waals surface area (Å²) in [6, 6.07) is 3.86. The molecule has 0 spiro atoms. The zero-order valence-corrected chi connectivity index (χ0v) is 19.5. The third kappa shape index (κ3) is 3.48. The maximum Gasteiger partial charge on any atom is 0.223 e. The average molecular weight is 510 g/mol. The number of amides is 1. The molecule has 1 amide bonds. The van der Waals surface area contributed by atoms with E-state index in [-0.39, 0.29) is 29.7 Å². The van der Waals surface area contributed by atoms with Crippen LogP contribution in [0, 0.1) is 17.8 Å². The molecule has 2 fully saturated rings. The van der Waals surface area contributed by atoms with Crippen LogP contribution in [-0.4, -0.2) is 58.2 Å². The second kappa shape index (κ2) is 8.11. The van der Waals surface area contributed by atoms with Crippen molar-refractivity contribution < 1.29 is 9.53 Å². The van der Waals surface area contributed by atoms with Gasteiger partial charge < -0.3 is 25.7 Å². The standard InChI is InChI=1S/C23H24BrN7O2/c24-15-11-27-22-19(18(15)28-17-13-4-3-12(10-13)16(17)20(25)32)29-21(30-22)14-2-1-5-26-23(14)31-6-8-33-9-7-31/h1-5,11-13,16-17H,6-10H2,(H2,25,32)(H2,27,28,29,30). The highest BCUT2D eigenvalue weighted by atomic mass is 79.9. The summed E-state index contributed by atoms with van der Waals surface area (Å²) in [5, 5.41) is 3.61. The van der Waals surface area contributed by atoms with Crippen LogP contribution in [0.4, 0.5) is 11.5 Å². The number of allylic oxidation sites excluding steroid dienone is 1. The van der Waals surface area contributed by atoms with Gasteiger partial charge in [0.05, 0.1) is 34.9 Å². The number of nitrogens with one attached hydrogen (secondary N) is 2. The van der Waals surface area contributed by atoms with Crippen molar-refractivity contribution in [3.8, 4) is 11.4 Å². The van der Waals surface area contributed by atoms with E-state index >= 15 is 0 Å². The second-order valence-electron chi connectivity index (χ2n) is 8.79. The number of hydrogen-bond donors (Lipinski definition) is 3. The van der Waals surface area contributed by atoms with E-state index in [4.69, 9.17) is 15.5 Å². The minimum atomic E-state index is -0.262. The van der Waals surface area contributed by atoms with Crippen LogP contribution in [0.5, 0.6) is 0 Å². The average Bonchev–Trinajstić information content (AvgIpc) is 3.56. The molecule has 4 heterocycles. The minimum Gasteiger partial charge on any atom is -0.378 e. The third-order valence-corrected chi connectivity index (χ3v) is 7.53. The number of carbonyl (C=O) groups excluding carboxylic acids is 1. The van der Waals surface area contributed by atoms with Gasteiger partial charge in [0.15, 0.2) is 5.65 Å². The summed E-state index contributed by atoms with van der Waals surface area (Å²) in [7, 11) is 0. The fourth-order valence-corrected chi connectivity index (χ4v) is 5.80. The molecule has 4 unspecified atom stereocenters. The number of carbonyl (C=O) groups is 1. The lowest BCUT2D eigenvalue weighted by atomic mass is 9.88. The summed E-state index contributed by atoms with van der Waals surface area (Å²) in [6.45, 7) is 2.93. The Balaban J connectivity index is 1.39. The van der Waals surface area contributed by atoms with Gasteiger partial charge >= 0.3 is 0 Å². The Labute approximate surface area is 199 Å².